The molecule has 0 aromatic carbocycles. The first kappa shape index (κ1) is 17.7. The summed E-state index contributed by atoms with van der Waals surface area (Å²) in [6.07, 6.45) is 15.9. The molecule has 108 valence electrons. The van der Waals surface area contributed by atoms with Crippen LogP contribution < -0.4 is 0 Å². The van der Waals surface area contributed by atoms with Crippen LogP contribution in [0.1, 0.15) is 97.8 Å². The summed E-state index contributed by atoms with van der Waals surface area (Å²) in [4.78, 5) is 10.9. The topological polar surface area (TPSA) is 17.1 Å². The summed E-state index contributed by atoms with van der Waals surface area (Å²) in [5, 5.41) is 0. The zero-order valence-corrected chi connectivity index (χ0v) is 13.0. The molecule has 0 fully saturated rings. The molecule has 0 aliphatic heterocycles. The summed E-state index contributed by atoms with van der Waals surface area (Å²) < 4.78 is 0. The molecule has 0 rings (SSSR count). The molecule has 0 amide bonds. The monoisotopic (exact) mass is 254 g/mol. The van der Waals surface area contributed by atoms with Gasteiger partial charge in [-0.05, 0) is 12.8 Å². The quantitative estimate of drug-likeness (QED) is 0.373. The standard InChI is InChI=1S/C17H34O/c1-4-5-6-7-8-9-10-11-12-13-14-16(2)15-17(3)18/h16H,4-15H2,1-3H3. The number of hydrogen-bond donors (Lipinski definition) is 0. The second kappa shape index (κ2) is 13.1. The Balaban J connectivity index is 3.09. The molecule has 0 radical (unpaired) electrons. The maximum Gasteiger partial charge on any atom is 0.130 e. The predicted molar refractivity (Wildman–Crippen MR) is 80.9 cm³/mol. The number of ketones is 1. The van der Waals surface area contributed by atoms with Gasteiger partial charge in [0.2, 0.25) is 0 Å². The molecule has 0 aromatic heterocycles. The maximum absolute atomic E-state index is 10.9. The van der Waals surface area contributed by atoms with E-state index < -0.39 is 0 Å². The molecule has 18 heavy (non-hydrogen) atoms. The molecule has 1 atom stereocenters. The van der Waals surface area contributed by atoms with Gasteiger partial charge < -0.3 is 4.79 Å². The van der Waals surface area contributed by atoms with E-state index in [9.17, 15) is 4.79 Å². The average molecular weight is 254 g/mol. The van der Waals surface area contributed by atoms with Crippen molar-refractivity contribution in [2.24, 2.45) is 5.92 Å². The highest BCUT2D eigenvalue weighted by Gasteiger charge is 2.04. The van der Waals surface area contributed by atoms with Gasteiger partial charge in [-0.1, -0.05) is 84.5 Å². The lowest BCUT2D eigenvalue weighted by atomic mass is 9.97. The lowest BCUT2D eigenvalue weighted by Crippen LogP contribution is -2.01. The van der Waals surface area contributed by atoms with Gasteiger partial charge >= 0.3 is 0 Å². The largest absolute Gasteiger partial charge is 0.300 e. The van der Waals surface area contributed by atoms with Crippen LogP contribution in [0.3, 0.4) is 0 Å². The minimum absolute atomic E-state index is 0.342. The average Bonchev–Trinajstić information content (AvgIpc) is 2.30. The Labute approximate surface area is 115 Å². The van der Waals surface area contributed by atoms with Gasteiger partial charge in [0, 0.05) is 6.42 Å². The molecule has 0 heterocycles. The van der Waals surface area contributed by atoms with Crippen LogP contribution in [0.15, 0.2) is 0 Å². The fourth-order valence-corrected chi connectivity index (χ4v) is 2.57. The molecule has 0 N–H and O–H groups in total. The third-order valence-electron chi connectivity index (χ3n) is 3.69. The van der Waals surface area contributed by atoms with Gasteiger partial charge in [-0.25, -0.2) is 0 Å². The fourth-order valence-electron chi connectivity index (χ4n) is 2.57. The summed E-state index contributed by atoms with van der Waals surface area (Å²) in [5.74, 6) is 0.936. The van der Waals surface area contributed by atoms with E-state index >= 15 is 0 Å². The van der Waals surface area contributed by atoms with Crippen LogP contribution in [0, 0.1) is 5.92 Å². The van der Waals surface area contributed by atoms with E-state index in [1.54, 1.807) is 6.92 Å². The molecule has 0 saturated carbocycles. The summed E-state index contributed by atoms with van der Waals surface area (Å²) in [6, 6.07) is 0. The van der Waals surface area contributed by atoms with Crippen molar-refractivity contribution in [2.45, 2.75) is 97.8 Å². The molecule has 0 saturated heterocycles. The van der Waals surface area contributed by atoms with Crippen LogP contribution in [0.2, 0.25) is 0 Å². The van der Waals surface area contributed by atoms with Crippen molar-refractivity contribution in [3.63, 3.8) is 0 Å². The van der Waals surface area contributed by atoms with Gasteiger partial charge in [-0.2, -0.15) is 0 Å². The zero-order chi connectivity index (χ0) is 13.6. The maximum atomic E-state index is 10.9. The Morgan fingerprint density at radius 3 is 1.72 bits per heavy atom. The highest BCUT2D eigenvalue weighted by Crippen LogP contribution is 2.15. The SMILES string of the molecule is CCCCCCCCCCCCC(C)CC(C)=O. The lowest BCUT2D eigenvalue weighted by molar-refractivity contribution is -0.117. The number of hydrogen-bond acceptors (Lipinski definition) is 1. The van der Waals surface area contributed by atoms with Gasteiger partial charge in [0.05, 0.1) is 0 Å². The summed E-state index contributed by atoms with van der Waals surface area (Å²) >= 11 is 0. The highest BCUT2D eigenvalue weighted by molar-refractivity contribution is 5.75. The van der Waals surface area contributed by atoms with E-state index in [2.05, 4.69) is 13.8 Å². The van der Waals surface area contributed by atoms with E-state index in [0.29, 0.717) is 11.7 Å². The molecule has 1 heteroatoms. The predicted octanol–water partition coefficient (Wildman–Crippen LogP) is 5.91. The van der Waals surface area contributed by atoms with Crippen LogP contribution in [0.5, 0.6) is 0 Å². The van der Waals surface area contributed by atoms with Gasteiger partial charge in [0.15, 0.2) is 0 Å². The van der Waals surface area contributed by atoms with Crippen molar-refractivity contribution in [3.8, 4) is 0 Å². The van der Waals surface area contributed by atoms with Crippen LogP contribution >= 0.6 is 0 Å². The molecule has 1 nitrogen and oxygen atoms in total. The number of rotatable bonds is 13. The van der Waals surface area contributed by atoms with Crippen LogP contribution in [0.25, 0.3) is 0 Å². The minimum Gasteiger partial charge on any atom is -0.300 e. The van der Waals surface area contributed by atoms with Crippen molar-refractivity contribution in [1.82, 2.24) is 0 Å². The molecule has 0 aliphatic carbocycles. The lowest BCUT2D eigenvalue weighted by Gasteiger charge is -2.08. The Morgan fingerprint density at radius 2 is 1.28 bits per heavy atom. The van der Waals surface area contributed by atoms with E-state index in [1.807, 2.05) is 0 Å². The number of Topliss-reactive ketones (excluding diaryl/α,β-unsaturated/α-hetero) is 1. The van der Waals surface area contributed by atoms with Crippen molar-refractivity contribution in [1.29, 1.82) is 0 Å². The van der Waals surface area contributed by atoms with Crippen molar-refractivity contribution in [2.75, 3.05) is 0 Å². The van der Waals surface area contributed by atoms with Crippen LogP contribution in [0.4, 0.5) is 0 Å². The Hall–Kier alpha value is -0.330. The first-order valence-corrected chi connectivity index (χ1v) is 8.16. The van der Waals surface area contributed by atoms with E-state index in [4.69, 9.17) is 0 Å². The second-order valence-corrected chi connectivity index (χ2v) is 5.98. The van der Waals surface area contributed by atoms with Gasteiger partial charge in [-0.15, -0.1) is 0 Å². The molecule has 1 unspecified atom stereocenters. The molecular formula is C17H34O. The Bertz CT molecular complexity index is 186. The van der Waals surface area contributed by atoms with Crippen molar-refractivity contribution in [3.05, 3.63) is 0 Å². The smallest absolute Gasteiger partial charge is 0.130 e. The number of carbonyl (C=O) groups is 1. The molecule has 0 aromatic rings. The first-order valence-electron chi connectivity index (χ1n) is 8.16. The summed E-state index contributed by atoms with van der Waals surface area (Å²) in [7, 11) is 0. The summed E-state index contributed by atoms with van der Waals surface area (Å²) in [6.45, 7) is 6.18. The minimum atomic E-state index is 0.342. The number of carbonyl (C=O) groups excluding carboxylic acids is 1. The van der Waals surface area contributed by atoms with Crippen LogP contribution in [-0.2, 0) is 4.79 Å². The van der Waals surface area contributed by atoms with Gasteiger partial charge in [-0.3, -0.25) is 0 Å². The molecule has 0 spiro atoms. The second-order valence-electron chi connectivity index (χ2n) is 5.98. The van der Waals surface area contributed by atoms with Gasteiger partial charge in [0.1, 0.15) is 5.78 Å². The Kier molecular flexibility index (Phi) is 12.9. The molecule has 0 bridgehead atoms. The third kappa shape index (κ3) is 13.7. The third-order valence-corrected chi connectivity index (χ3v) is 3.69. The highest BCUT2D eigenvalue weighted by atomic mass is 16.1. The molecule has 0 aliphatic rings. The van der Waals surface area contributed by atoms with E-state index in [-0.39, 0.29) is 0 Å². The normalized spacial score (nSPS) is 12.6. The van der Waals surface area contributed by atoms with Crippen LogP contribution in [-0.4, -0.2) is 5.78 Å². The summed E-state index contributed by atoms with van der Waals surface area (Å²) in [5.41, 5.74) is 0. The Morgan fingerprint density at radius 1 is 0.833 bits per heavy atom. The van der Waals surface area contributed by atoms with Crippen molar-refractivity contribution < 1.29 is 4.79 Å². The van der Waals surface area contributed by atoms with E-state index in [0.717, 1.165) is 6.42 Å². The fraction of sp³-hybridized carbons (Fsp3) is 0.941. The first-order chi connectivity index (χ1) is 8.66. The van der Waals surface area contributed by atoms with Crippen molar-refractivity contribution >= 4 is 5.78 Å². The number of unbranched alkanes of at least 4 members (excludes halogenated alkanes) is 9. The van der Waals surface area contributed by atoms with Gasteiger partial charge in [0.25, 0.3) is 0 Å². The van der Waals surface area contributed by atoms with E-state index in [1.165, 1.54) is 70.6 Å². The zero-order valence-electron chi connectivity index (χ0n) is 13.0. The molecular weight excluding hydrogens is 220 g/mol.